The highest BCUT2D eigenvalue weighted by molar-refractivity contribution is 4.93. The van der Waals surface area contributed by atoms with Crippen LogP contribution in [0.5, 0.6) is 0 Å². The first-order chi connectivity index (χ1) is 8.65. The minimum Gasteiger partial charge on any atom is -0.375 e. The van der Waals surface area contributed by atoms with Gasteiger partial charge in [-0.3, -0.25) is 0 Å². The molecule has 18 heavy (non-hydrogen) atoms. The highest BCUT2D eigenvalue weighted by Gasteiger charge is 2.38. The van der Waals surface area contributed by atoms with Crippen molar-refractivity contribution in [2.45, 2.75) is 89.8 Å². The Bertz CT molecular complexity index is 240. The van der Waals surface area contributed by atoms with Gasteiger partial charge in [0.05, 0.1) is 5.60 Å². The first kappa shape index (κ1) is 14.3. The van der Waals surface area contributed by atoms with E-state index in [0.717, 1.165) is 12.5 Å². The third-order valence-corrected chi connectivity index (χ3v) is 4.95. The quantitative estimate of drug-likeness (QED) is 0.820. The molecule has 0 amide bonds. The van der Waals surface area contributed by atoms with Crippen LogP contribution in [0.25, 0.3) is 0 Å². The van der Waals surface area contributed by atoms with Crippen molar-refractivity contribution in [1.82, 2.24) is 5.32 Å². The molecule has 0 aromatic heterocycles. The van der Waals surface area contributed by atoms with Gasteiger partial charge in [0.1, 0.15) is 0 Å². The Morgan fingerprint density at radius 1 is 1.22 bits per heavy atom. The van der Waals surface area contributed by atoms with E-state index in [1.54, 1.807) is 0 Å². The first-order valence-electron chi connectivity index (χ1n) is 8.05. The van der Waals surface area contributed by atoms with Crippen LogP contribution in [-0.4, -0.2) is 24.3 Å². The van der Waals surface area contributed by atoms with Crippen molar-refractivity contribution < 1.29 is 4.74 Å². The van der Waals surface area contributed by atoms with Crippen LogP contribution in [0.3, 0.4) is 0 Å². The molecule has 0 aromatic rings. The average molecular weight is 253 g/mol. The van der Waals surface area contributed by atoms with E-state index in [9.17, 15) is 0 Å². The van der Waals surface area contributed by atoms with Crippen molar-refractivity contribution in [3.05, 3.63) is 0 Å². The summed E-state index contributed by atoms with van der Waals surface area (Å²) in [6, 6.07) is 1.36. The molecule has 2 atom stereocenters. The van der Waals surface area contributed by atoms with Gasteiger partial charge in [-0.25, -0.2) is 0 Å². The summed E-state index contributed by atoms with van der Waals surface area (Å²) in [6.45, 7) is 7.92. The summed E-state index contributed by atoms with van der Waals surface area (Å²) >= 11 is 0. The largest absolute Gasteiger partial charge is 0.375 e. The van der Waals surface area contributed by atoms with Crippen LogP contribution in [0.1, 0.15) is 72.1 Å². The zero-order valence-corrected chi connectivity index (χ0v) is 12.5. The Hall–Kier alpha value is -0.0800. The van der Waals surface area contributed by atoms with Crippen LogP contribution in [0, 0.1) is 5.92 Å². The molecule has 1 aliphatic carbocycles. The number of hydrogen-bond acceptors (Lipinski definition) is 2. The molecule has 2 heteroatoms. The third-order valence-electron chi connectivity index (χ3n) is 4.95. The molecule has 106 valence electrons. The molecule has 1 saturated carbocycles. The summed E-state index contributed by atoms with van der Waals surface area (Å²) in [6.07, 6.45) is 10.4. The van der Waals surface area contributed by atoms with E-state index in [1.165, 1.54) is 51.4 Å². The van der Waals surface area contributed by atoms with Crippen LogP contribution < -0.4 is 5.32 Å². The maximum absolute atomic E-state index is 6.17. The number of nitrogens with one attached hydrogen (secondary N) is 1. The lowest BCUT2D eigenvalue weighted by Gasteiger charge is -2.44. The van der Waals surface area contributed by atoms with E-state index >= 15 is 0 Å². The lowest BCUT2D eigenvalue weighted by atomic mass is 9.78. The fourth-order valence-corrected chi connectivity index (χ4v) is 3.80. The van der Waals surface area contributed by atoms with Gasteiger partial charge < -0.3 is 10.1 Å². The van der Waals surface area contributed by atoms with E-state index in [4.69, 9.17) is 4.74 Å². The number of ether oxygens (including phenoxy) is 1. The number of hydrogen-bond donors (Lipinski definition) is 1. The maximum Gasteiger partial charge on any atom is 0.0697 e. The Balaban J connectivity index is 1.89. The Morgan fingerprint density at radius 2 is 1.94 bits per heavy atom. The molecule has 0 radical (unpaired) electrons. The fourth-order valence-electron chi connectivity index (χ4n) is 3.80. The predicted molar refractivity (Wildman–Crippen MR) is 76.8 cm³/mol. The van der Waals surface area contributed by atoms with Gasteiger partial charge in [0.15, 0.2) is 0 Å². The van der Waals surface area contributed by atoms with E-state index in [-0.39, 0.29) is 5.60 Å². The van der Waals surface area contributed by atoms with Crippen molar-refractivity contribution in [3.8, 4) is 0 Å². The summed E-state index contributed by atoms with van der Waals surface area (Å²) in [5, 5.41) is 3.90. The normalized spacial score (nSPS) is 29.7. The first-order valence-corrected chi connectivity index (χ1v) is 8.05. The van der Waals surface area contributed by atoms with E-state index in [2.05, 4.69) is 26.1 Å². The van der Waals surface area contributed by atoms with Gasteiger partial charge in [-0.2, -0.15) is 0 Å². The van der Waals surface area contributed by atoms with Crippen LogP contribution in [0.2, 0.25) is 0 Å². The fraction of sp³-hybridized carbons (Fsp3) is 1.00. The van der Waals surface area contributed by atoms with Crippen molar-refractivity contribution in [3.63, 3.8) is 0 Å². The molecule has 0 aromatic carbocycles. The maximum atomic E-state index is 6.17. The number of rotatable bonds is 4. The molecule has 0 bridgehead atoms. The average Bonchev–Trinajstić information content (AvgIpc) is 2.36. The molecule has 2 fully saturated rings. The van der Waals surface area contributed by atoms with Gasteiger partial charge in [0.2, 0.25) is 0 Å². The second-order valence-corrected chi connectivity index (χ2v) is 6.71. The summed E-state index contributed by atoms with van der Waals surface area (Å²) in [5.41, 5.74) is 0.240. The van der Waals surface area contributed by atoms with Gasteiger partial charge in [-0.05, 0) is 38.0 Å². The zero-order chi connectivity index (χ0) is 13.0. The molecule has 2 unspecified atom stereocenters. The Labute approximate surface area is 113 Å². The van der Waals surface area contributed by atoms with Crippen LogP contribution in [-0.2, 0) is 4.74 Å². The monoisotopic (exact) mass is 253 g/mol. The molecule has 1 aliphatic heterocycles. The summed E-state index contributed by atoms with van der Waals surface area (Å²) in [4.78, 5) is 0. The third kappa shape index (κ3) is 3.48. The van der Waals surface area contributed by atoms with E-state index < -0.39 is 0 Å². The second kappa shape index (κ2) is 6.38. The summed E-state index contributed by atoms with van der Waals surface area (Å²) < 4.78 is 6.17. The standard InChI is InChI=1S/C16H31NO/c1-4-15(13(2)3)17-14-8-11-18-16(12-14)9-6-5-7-10-16/h13-15,17H,4-12H2,1-3H3. The van der Waals surface area contributed by atoms with Gasteiger partial charge in [0, 0.05) is 18.7 Å². The van der Waals surface area contributed by atoms with Gasteiger partial charge in [-0.1, -0.05) is 40.0 Å². The van der Waals surface area contributed by atoms with Crippen molar-refractivity contribution in [2.75, 3.05) is 6.61 Å². The van der Waals surface area contributed by atoms with Crippen molar-refractivity contribution in [2.24, 2.45) is 5.92 Å². The smallest absolute Gasteiger partial charge is 0.0697 e. The van der Waals surface area contributed by atoms with Crippen LogP contribution in [0.4, 0.5) is 0 Å². The highest BCUT2D eigenvalue weighted by atomic mass is 16.5. The predicted octanol–water partition coefficient (Wildman–Crippen LogP) is 3.89. The van der Waals surface area contributed by atoms with E-state index in [0.29, 0.717) is 12.1 Å². The lowest BCUT2D eigenvalue weighted by Crippen LogP contribution is -2.51. The molecule has 1 heterocycles. The van der Waals surface area contributed by atoms with Crippen molar-refractivity contribution >= 4 is 0 Å². The molecule has 2 nitrogen and oxygen atoms in total. The summed E-state index contributed by atoms with van der Waals surface area (Å²) in [7, 11) is 0. The zero-order valence-electron chi connectivity index (χ0n) is 12.5. The summed E-state index contributed by atoms with van der Waals surface area (Å²) in [5.74, 6) is 0.736. The SMILES string of the molecule is CCC(NC1CCOC2(CCCCC2)C1)C(C)C. The topological polar surface area (TPSA) is 21.3 Å². The van der Waals surface area contributed by atoms with Gasteiger partial charge >= 0.3 is 0 Å². The molecule has 2 rings (SSSR count). The minimum absolute atomic E-state index is 0.240. The minimum atomic E-state index is 0.240. The van der Waals surface area contributed by atoms with Gasteiger partial charge in [0.25, 0.3) is 0 Å². The molecule has 1 saturated heterocycles. The Kier molecular flexibility index (Phi) is 5.08. The molecule has 1 spiro atoms. The molecule has 2 aliphatic rings. The van der Waals surface area contributed by atoms with Crippen LogP contribution in [0.15, 0.2) is 0 Å². The van der Waals surface area contributed by atoms with Gasteiger partial charge in [-0.15, -0.1) is 0 Å². The Morgan fingerprint density at radius 3 is 2.56 bits per heavy atom. The lowest BCUT2D eigenvalue weighted by molar-refractivity contribution is -0.110. The van der Waals surface area contributed by atoms with E-state index in [1.807, 2.05) is 0 Å². The molecular formula is C16H31NO. The molecular weight excluding hydrogens is 222 g/mol. The highest BCUT2D eigenvalue weighted by Crippen LogP contribution is 2.38. The van der Waals surface area contributed by atoms with Crippen LogP contribution >= 0.6 is 0 Å². The molecule has 1 N–H and O–H groups in total. The second-order valence-electron chi connectivity index (χ2n) is 6.71. The van der Waals surface area contributed by atoms with Crippen molar-refractivity contribution in [1.29, 1.82) is 0 Å².